The zero-order valence-electron chi connectivity index (χ0n) is 19.3. The molecule has 32 heavy (non-hydrogen) atoms. The van der Waals surface area contributed by atoms with E-state index < -0.39 is 0 Å². The fourth-order valence-electron chi connectivity index (χ4n) is 3.15. The Hall–Kier alpha value is -2.62. The maximum absolute atomic E-state index is 5.64. The highest BCUT2D eigenvalue weighted by Crippen LogP contribution is 2.19. The Labute approximate surface area is 207 Å². The largest absolute Gasteiger partial charge is 0.444 e. The van der Waals surface area contributed by atoms with Gasteiger partial charge in [-0.05, 0) is 51.5 Å². The summed E-state index contributed by atoms with van der Waals surface area (Å²) < 4.78 is 5.64. The van der Waals surface area contributed by atoms with Crippen LogP contribution < -0.4 is 15.5 Å². The Morgan fingerprint density at radius 3 is 2.41 bits per heavy atom. The van der Waals surface area contributed by atoms with Crippen LogP contribution in [0.5, 0.6) is 0 Å². The van der Waals surface area contributed by atoms with Crippen LogP contribution in [0.4, 0.5) is 5.82 Å². The van der Waals surface area contributed by atoms with Crippen molar-refractivity contribution in [1.29, 1.82) is 0 Å². The molecule has 3 rings (SSSR count). The van der Waals surface area contributed by atoms with E-state index in [1.54, 1.807) is 6.26 Å². The summed E-state index contributed by atoms with van der Waals surface area (Å²) in [5.41, 5.74) is 4.07. The average Bonchev–Trinajstić information content (AvgIpc) is 3.27. The lowest BCUT2D eigenvalue weighted by atomic mass is 10.1. The fraction of sp³-hybridized carbons (Fsp3) is 0.375. The van der Waals surface area contributed by atoms with Gasteiger partial charge in [0, 0.05) is 31.4 Å². The molecular formula is C24H33IN6O. The molecule has 0 atom stereocenters. The van der Waals surface area contributed by atoms with Gasteiger partial charge in [0.15, 0.2) is 5.96 Å². The lowest BCUT2D eigenvalue weighted by molar-refractivity contribution is 0.572. The van der Waals surface area contributed by atoms with Gasteiger partial charge in [0.1, 0.15) is 12.1 Å². The minimum atomic E-state index is 0. The van der Waals surface area contributed by atoms with E-state index in [9.17, 15) is 0 Å². The van der Waals surface area contributed by atoms with E-state index in [-0.39, 0.29) is 24.0 Å². The van der Waals surface area contributed by atoms with Crippen molar-refractivity contribution >= 4 is 35.8 Å². The Bertz CT molecular complexity index is 965. The Balaban J connectivity index is 0.00000363. The van der Waals surface area contributed by atoms with Crippen molar-refractivity contribution in [1.82, 2.24) is 20.6 Å². The monoisotopic (exact) mass is 548 g/mol. The maximum atomic E-state index is 5.64. The van der Waals surface area contributed by atoms with E-state index in [1.807, 2.05) is 25.3 Å². The molecule has 0 fully saturated rings. The standard InChI is InChI=1S/C24H32N6O.HI/c1-5-25-24(27-15-19-10-13-22(26-14-19)30(6-2)7-3)28-16-21-17-31-23(29-21)20-11-8-18(4)9-12-20;/h8-14,17H,5-7,15-16H2,1-4H3,(H2,25,27,28);1H. The summed E-state index contributed by atoms with van der Waals surface area (Å²) in [6, 6.07) is 12.3. The van der Waals surface area contributed by atoms with Crippen molar-refractivity contribution in [3.05, 3.63) is 65.7 Å². The van der Waals surface area contributed by atoms with Gasteiger partial charge in [-0.25, -0.2) is 15.0 Å². The summed E-state index contributed by atoms with van der Waals surface area (Å²) in [4.78, 5) is 16.0. The number of aromatic nitrogens is 2. The predicted molar refractivity (Wildman–Crippen MR) is 142 cm³/mol. The van der Waals surface area contributed by atoms with Gasteiger partial charge in [-0.2, -0.15) is 0 Å². The third-order valence-electron chi connectivity index (χ3n) is 4.95. The molecule has 3 aromatic rings. The lowest BCUT2D eigenvalue weighted by Gasteiger charge is -2.19. The van der Waals surface area contributed by atoms with Crippen LogP contribution in [-0.2, 0) is 13.1 Å². The third kappa shape index (κ3) is 7.22. The molecule has 7 nitrogen and oxygen atoms in total. The molecule has 0 spiro atoms. The number of halogens is 1. The molecule has 172 valence electrons. The molecule has 0 aliphatic carbocycles. The van der Waals surface area contributed by atoms with Crippen LogP contribution in [0.15, 0.2) is 58.3 Å². The average molecular weight is 548 g/mol. The Morgan fingerprint density at radius 2 is 1.78 bits per heavy atom. The lowest BCUT2D eigenvalue weighted by Crippen LogP contribution is -2.36. The summed E-state index contributed by atoms with van der Waals surface area (Å²) in [6.45, 7) is 12.1. The number of aryl methyl sites for hydroxylation is 1. The van der Waals surface area contributed by atoms with Crippen LogP contribution in [0.25, 0.3) is 11.5 Å². The third-order valence-corrected chi connectivity index (χ3v) is 4.95. The van der Waals surface area contributed by atoms with Crippen LogP contribution in [-0.4, -0.2) is 35.6 Å². The number of aliphatic imine (C=N–C) groups is 1. The first-order valence-corrected chi connectivity index (χ1v) is 10.9. The van der Waals surface area contributed by atoms with E-state index >= 15 is 0 Å². The number of oxazole rings is 1. The SMILES string of the molecule is CCNC(=NCc1ccc(N(CC)CC)nc1)NCc1coc(-c2ccc(C)cc2)n1.I. The number of nitrogens with zero attached hydrogens (tertiary/aromatic N) is 4. The fourth-order valence-corrected chi connectivity index (χ4v) is 3.15. The molecule has 0 radical (unpaired) electrons. The number of guanidine groups is 1. The van der Waals surface area contributed by atoms with Gasteiger partial charge in [0.05, 0.1) is 18.8 Å². The van der Waals surface area contributed by atoms with E-state index in [1.165, 1.54) is 5.56 Å². The first-order valence-electron chi connectivity index (χ1n) is 10.9. The quantitative estimate of drug-likeness (QED) is 0.228. The second-order valence-electron chi connectivity index (χ2n) is 7.26. The van der Waals surface area contributed by atoms with Gasteiger partial charge in [-0.15, -0.1) is 24.0 Å². The Morgan fingerprint density at radius 1 is 1.03 bits per heavy atom. The van der Waals surface area contributed by atoms with Crippen molar-refractivity contribution in [2.75, 3.05) is 24.5 Å². The molecule has 0 aliphatic rings. The summed E-state index contributed by atoms with van der Waals surface area (Å²) >= 11 is 0. The van der Waals surface area contributed by atoms with E-state index in [2.05, 4.69) is 75.5 Å². The van der Waals surface area contributed by atoms with Crippen molar-refractivity contribution in [2.45, 2.75) is 40.8 Å². The van der Waals surface area contributed by atoms with Crippen LogP contribution in [0.2, 0.25) is 0 Å². The van der Waals surface area contributed by atoms with Gasteiger partial charge in [-0.1, -0.05) is 23.8 Å². The van der Waals surface area contributed by atoms with Gasteiger partial charge in [0.25, 0.3) is 0 Å². The number of anilines is 1. The van der Waals surface area contributed by atoms with E-state index in [0.29, 0.717) is 19.0 Å². The van der Waals surface area contributed by atoms with E-state index in [0.717, 1.165) is 48.2 Å². The number of rotatable bonds is 9. The Kier molecular flexibility index (Phi) is 10.5. The molecule has 0 unspecified atom stereocenters. The normalized spacial score (nSPS) is 11.1. The van der Waals surface area contributed by atoms with Crippen LogP contribution in [0.3, 0.4) is 0 Å². The molecule has 0 bridgehead atoms. The van der Waals surface area contributed by atoms with Crippen LogP contribution >= 0.6 is 24.0 Å². The topological polar surface area (TPSA) is 78.6 Å². The molecule has 0 saturated heterocycles. The number of benzene rings is 1. The summed E-state index contributed by atoms with van der Waals surface area (Å²) in [6.07, 6.45) is 3.58. The van der Waals surface area contributed by atoms with Crippen molar-refractivity contribution in [2.24, 2.45) is 4.99 Å². The van der Waals surface area contributed by atoms with Crippen LogP contribution in [0.1, 0.15) is 37.6 Å². The van der Waals surface area contributed by atoms with Gasteiger partial charge in [0.2, 0.25) is 5.89 Å². The molecule has 0 aliphatic heterocycles. The van der Waals surface area contributed by atoms with Gasteiger partial charge in [-0.3, -0.25) is 0 Å². The van der Waals surface area contributed by atoms with E-state index in [4.69, 9.17) is 4.42 Å². The molecule has 8 heteroatoms. The molecule has 0 amide bonds. The molecule has 2 heterocycles. The molecule has 1 aromatic carbocycles. The molecule has 0 saturated carbocycles. The highest BCUT2D eigenvalue weighted by molar-refractivity contribution is 14.0. The first kappa shape index (κ1) is 25.6. The number of hydrogen-bond donors (Lipinski definition) is 2. The zero-order chi connectivity index (χ0) is 22.1. The van der Waals surface area contributed by atoms with Gasteiger partial charge < -0.3 is 20.0 Å². The van der Waals surface area contributed by atoms with Gasteiger partial charge >= 0.3 is 0 Å². The second kappa shape index (κ2) is 13.0. The highest BCUT2D eigenvalue weighted by atomic mass is 127. The maximum Gasteiger partial charge on any atom is 0.226 e. The molecular weight excluding hydrogens is 515 g/mol. The van der Waals surface area contributed by atoms with Crippen molar-refractivity contribution in [3.63, 3.8) is 0 Å². The van der Waals surface area contributed by atoms with Crippen molar-refractivity contribution < 1.29 is 4.42 Å². The first-order chi connectivity index (χ1) is 15.1. The predicted octanol–water partition coefficient (Wildman–Crippen LogP) is 4.76. The summed E-state index contributed by atoms with van der Waals surface area (Å²) in [5, 5.41) is 6.58. The number of nitrogens with one attached hydrogen (secondary N) is 2. The van der Waals surface area contributed by atoms with Crippen molar-refractivity contribution in [3.8, 4) is 11.5 Å². The minimum Gasteiger partial charge on any atom is -0.444 e. The summed E-state index contributed by atoms with van der Waals surface area (Å²) in [5.74, 6) is 2.35. The number of pyridine rings is 1. The zero-order valence-corrected chi connectivity index (χ0v) is 21.6. The number of hydrogen-bond acceptors (Lipinski definition) is 5. The smallest absolute Gasteiger partial charge is 0.226 e. The second-order valence-corrected chi connectivity index (χ2v) is 7.26. The minimum absolute atomic E-state index is 0. The molecule has 2 aromatic heterocycles. The molecule has 2 N–H and O–H groups in total. The summed E-state index contributed by atoms with van der Waals surface area (Å²) in [7, 11) is 0. The highest BCUT2D eigenvalue weighted by Gasteiger charge is 2.08. The van der Waals surface area contributed by atoms with Crippen LogP contribution in [0, 0.1) is 6.92 Å².